The lowest BCUT2D eigenvalue weighted by Gasteiger charge is -2.43. The summed E-state index contributed by atoms with van der Waals surface area (Å²) in [5.41, 5.74) is 2.15. The number of nitrogens with zero attached hydrogens (tertiary/aromatic N) is 4. The van der Waals surface area contributed by atoms with Gasteiger partial charge in [0.15, 0.2) is 0 Å². The number of aryl methyl sites for hydroxylation is 1. The topological polar surface area (TPSA) is 70.5 Å². The number of pyridine rings is 1. The third kappa shape index (κ3) is 2.94. The van der Waals surface area contributed by atoms with Crippen LogP contribution in [0.4, 0.5) is 4.79 Å². The molecule has 2 fully saturated rings. The highest BCUT2D eigenvalue weighted by atomic mass is 16.2. The van der Waals surface area contributed by atoms with Crippen molar-refractivity contribution in [3.63, 3.8) is 0 Å². The van der Waals surface area contributed by atoms with Crippen LogP contribution in [0.5, 0.6) is 0 Å². The minimum Gasteiger partial charge on any atom is -0.338 e. The van der Waals surface area contributed by atoms with Gasteiger partial charge >= 0.3 is 6.03 Å². The Kier molecular flexibility index (Phi) is 4.07. The zero-order valence-corrected chi connectivity index (χ0v) is 14.4. The van der Waals surface area contributed by atoms with Gasteiger partial charge in [-0.3, -0.25) is 4.79 Å². The number of fused-ring (bicyclic) bond motifs is 1. The number of likely N-dealkylation sites (tertiary alicyclic amines) is 2. The Morgan fingerprint density at radius 2 is 2.24 bits per heavy atom. The van der Waals surface area contributed by atoms with Crippen molar-refractivity contribution in [3.8, 4) is 0 Å². The van der Waals surface area contributed by atoms with E-state index in [-0.39, 0.29) is 18.0 Å². The number of carbonyl (C=O) groups is 2. The molecule has 0 spiro atoms. The summed E-state index contributed by atoms with van der Waals surface area (Å²) in [5, 5.41) is 4.12. The van der Waals surface area contributed by atoms with Crippen molar-refractivity contribution >= 4 is 23.0 Å². The minimum atomic E-state index is -0.0405. The molecule has 0 aromatic carbocycles. The average molecular weight is 341 g/mol. The van der Waals surface area contributed by atoms with Crippen LogP contribution in [0, 0.1) is 0 Å². The van der Waals surface area contributed by atoms with Crippen molar-refractivity contribution in [1.82, 2.24) is 24.7 Å². The first-order chi connectivity index (χ1) is 12.1. The van der Waals surface area contributed by atoms with E-state index in [1.54, 1.807) is 11.1 Å². The van der Waals surface area contributed by atoms with Crippen molar-refractivity contribution in [1.29, 1.82) is 0 Å². The molecule has 7 heteroatoms. The third-order valence-electron chi connectivity index (χ3n) is 5.19. The van der Waals surface area contributed by atoms with Crippen LogP contribution in [0.3, 0.4) is 0 Å². The van der Waals surface area contributed by atoms with E-state index in [1.807, 2.05) is 22.6 Å². The second-order valence-electron chi connectivity index (χ2n) is 6.87. The molecule has 0 atom stereocenters. The van der Waals surface area contributed by atoms with Gasteiger partial charge in [-0.25, -0.2) is 9.78 Å². The lowest BCUT2D eigenvalue weighted by molar-refractivity contribution is -0.132. The SMILES string of the molecule is Cn1cc(CCNC(=O)N2CC(N3CCCC3=O)C2)c2cccnc21. The van der Waals surface area contributed by atoms with Crippen LogP contribution in [0.2, 0.25) is 0 Å². The van der Waals surface area contributed by atoms with Crippen molar-refractivity contribution in [2.45, 2.75) is 25.3 Å². The molecule has 4 heterocycles. The van der Waals surface area contributed by atoms with Gasteiger partial charge in [0.1, 0.15) is 5.65 Å². The molecule has 3 amide bonds. The van der Waals surface area contributed by atoms with E-state index in [9.17, 15) is 9.59 Å². The van der Waals surface area contributed by atoms with Crippen LogP contribution in [0.25, 0.3) is 11.0 Å². The summed E-state index contributed by atoms with van der Waals surface area (Å²) in [4.78, 5) is 32.0. The molecule has 0 saturated carbocycles. The highest BCUT2D eigenvalue weighted by Crippen LogP contribution is 2.21. The fraction of sp³-hybridized carbons (Fsp3) is 0.500. The quantitative estimate of drug-likeness (QED) is 0.906. The summed E-state index contributed by atoms with van der Waals surface area (Å²) in [6.07, 6.45) is 6.24. The predicted octanol–water partition coefficient (Wildman–Crippen LogP) is 1.13. The van der Waals surface area contributed by atoms with Gasteiger partial charge in [-0.15, -0.1) is 0 Å². The van der Waals surface area contributed by atoms with Gasteiger partial charge in [0, 0.05) is 57.4 Å². The van der Waals surface area contributed by atoms with Gasteiger partial charge in [-0.2, -0.15) is 0 Å². The molecule has 4 rings (SSSR count). The second-order valence-corrected chi connectivity index (χ2v) is 6.87. The first-order valence-corrected chi connectivity index (χ1v) is 8.84. The summed E-state index contributed by atoms with van der Waals surface area (Å²) < 4.78 is 2.01. The van der Waals surface area contributed by atoms with Crippen LogP contribution < -0.4 is 5.32 Å². The molecule has 2 aliphatic rings. The van der Waals surface area contributed by atoms with Gasteiger partial charge < -0.3 is 19.7 Å². The Hall–Kier alpha value is -2.57. The smallest absolute Gasteiger partial charge is 0.317 e. The van der Waals surface area contributed by atoms with E-state index in [2.05, 4.69) is 22.6 Å². The van der Waals surface area contributed by atoms with Crippen LogP contribution in [0.1, 0.15) is 18.4 Å². The molecule has 0 bridgehead atoms. The standard InChI is InChI=1S/C18H23N5O2/c1-21-10-13(15-4-2-7-19-17(15)21)6-8-20-18(25)22-11-14(12-22)23-9-3-5-16(23)24/h2,4,7,10,14H,3,5-6,8-9,11-12H2,1H3,(H,20,25). The summed E-state index contributed by atoms with van der Waals surface area (Å²) in [6, 6.07) is 4.17. The lowest BCUT2D eigenvalue weighted by atomic mass is 10.1. The highest BCUT2D eigenvalue weighted by molar-refractivity contribution is 5.81. The fourth-order valence-corrected chi connectivity index (χ4v) is 3.78. The Morgan fingerprint density at radius 1 is 1.40 bits per heavy atom. The molecule has 7 nitrogen and oxygen atoms in total. The summed E-state index contributed by atoms with van der Waals surface area (Å²) >= 11 is 0. The molecular weight excluding hydrogens is 318 g/mol. The lowest BCUT2D eigenvalue weighted by Crippen LogP contribution is -2.63. The molecule has 132 valence electrons. The van der Waals surface area contributed by atoms with Gasteiger partial charge in [0.05, 0.1) is 6.04 Å². The Morgan fingerprint density at radius 3 is 3.00 bits per heavy atom. The number of nitrogens with one attached hydrogen (secondary N) is 1. The van der Waals surface area contributed by atoms with Crippen LogP contribution in [-0.2, 0) is 18.3 Å². The summed E-state index contributed by atoms with van der Waals surface area (Å²) in [5.74, 6) is 0.231. The Labute approximate surface area is 146 Å². The molecule has 0 radical (unpaired) electrons. The van der Waals surface area contributed by atoms with E-state index < -0.39 is 0 Å². The molecular formula is C18H23N5O2. The summed E-state index contributed by atoms with van der Waals surface area (Å²) in [7, 11) is 1.98. The number of urea groups is 1. The van der Waals surface area contributed by atoms with E-state index in [0.29, 0.717) is 26.1 Å². The number of amides is 3. The first-order valence-electron chi connectivity index (χ1n) is 8.84. The molecule has 2 aromatic heterocycles. The monoisotopic (exact) mass is 341 g/mol. The number of aromatic nitrogens is 2. The molecule has 2 aromatic rings. The Balaban J connectivity index is 1.26. The van der Waals surface area contributed by atoms with Crippen molar-refractivity contribution < 1.29 is 9.59 Å². The molecule has 0 aliphatic carbocycles. The molecule has 2 aliphatic heterocycles. The van der Waals surface area contributed by atoms with Crippen molar-refractivity contribution in [2.24, 2.45) is 7.05 Å². The number of rotatable bonds is 4. The largest absolute Gasteiger partial charge is 0.338 e. The zero-order chi connectivity index (χ0) is 17.4. The fourth-order valence-electron chi connectivity index (χ4n) is 3.78. The van der Waals surface area contributed by atoms with Crippen molar-refractivity contribution in [3.05, 3.63) is 30.1 Å². The van der Waals surface area contributed by atoms with Gasteiger partial charge in [-0.05, 0) is 30.5 Å². The number of hydrogen-bond donors (Lipinski definition) is 1. The second kappa shape index (κ2) is 6.38. The number of carbonyl (C=O) groups excluding carboxylic acids is 2. The van der Waals surface area contributed by atoms with Gasteiger partial charge in [0.25, 0.3) is 0 Å². The maximum absolute atomic E-state index is 12.2. The third-order valence-corrected chi connectivity index (χ3v) is 5.19. The van der Waals surface area contributed by atoms with Gasteiger partial charge in [0.2, 0.25) is 5.91 Å². The van der Waals surface area contributed by atoms with Crippen LogP contribution in [0.15, 0.2) is 24.5 Å². The number of hydrogen-bond acceptors (Lipinski definition) is 3. The maximum Gasteiger partial charge on any atom is 0.317 e. The molecule has 1 N–H and O–H groups in total. The predicted molar refractivity (Wildman–Crippen MR) is 94.1 cm³/mol. The molecule has 2 saturated heterocycles. The maximum atomic E-state index is 12.2. The highest BCUT2D eigenvalue weighted by Gasteiger charge is 2.38. The van der Waals surface area contributed by atoms with Crippen molar-refractivity contribution in [2.75, 3.05) is 26.2 Å². The average Bonchev–Trinajstić information content (AvgIpc) is 3.11. The van der Waals surface area contributed by atoms with Crippen LogP contribution >= 0.6 is 0 Å². The normalized spacial score (nSPS) is 18.0. The molecule has 25 heavy (non-hydrogen) atoms. The van der Waals surface area contributed by atoms with E-state index in [1.165, 1.54) is 5.56 Å². The van der Waals surface area contributed by atoms with E-state index in [4.69, 9.17) is 0 Å². The Bertz CT molecular complexity index is 809. The van der Waals surface area contributed by atoms with Crippen LogP contribution in [-0.4, -0.2) is 63.5 Å². The van der Waals surface area contributed by atoms with E-state index in [0.717, 1.165) is 30.4 Å². The zero-order valence-electron chi connectivity index (χ0n) is 14.4. The van der Waals surface area contributed by atoms with E-state index >= 15 is 0 Å². The summed E-state index contributed by atoms with van der Waals surface area (Å²) in [6.45, 7) is 2.73. The molecule has 0 unspecified atom stereocenters. The van der Waals surface area contributed by atoms with Gasteiger partial charge in [-0.1, -0.05) is 0 Å². The first kappa shape index (κ1) is 15.9. The minimum absolute atomic E-state index is 0.0405.